The first kappa shape index (κ1) is 21.1. The minimum atomic E-state index is 0.457. The van der Waals surface area contributed by atoms with Crippen LogP contribution in [0.25, 0.3) is 10.9 Å². The summed E-state index contributed by atoms with van der Waals surface area (Å²) in [5.41, 5.74) is 0.997. The maximum absolute atomic E-state index is 4.79. The third-order valence-electron chi connectivity index (χ3n) is 5.93. The highest BCUT2D eigenvalue weighted by Gasteiger charge is 2.21. The average molecular weight is 424 g/mol. The number of nitrogens with zero attached hydrogens (tertiary/aromatic N) is 3. The zero-order valence-electron chi connectivity index (χ0n) is 18.1. The fraction of sp³-hybridized carbons (Fsp3) is 0.500. The van der Waals surface area contributed by atoms with Gasteiger partial charge in [0.2, 0.25) is 5.95 Å². The Balaban J connectivity index is 1.23. The number of aromatic nitrogens is 2. The standard InChI is InChI=1S/C24H33N5S/c1-29(2)23-21-10-3-4-11-22(21)27-24(28-23)26-19-14-12-18(13-15-19)25-16-6-5-8-20-9-7-17-30-20/h3-4,7,9-11,17-19,25H,5-6,8,12-16H2,1-2H3,(H,26,27,28). The van der Waals surface area contributed by atoms with Crippen LogP contribution in [0.5, 0.6) is 0 Å². The fourth-order valence-electron chi connectivity index (χ4n) is 4.28. The molecule has 4 rings (SSSR count). The van der Waals surface area contributed by atoms with Crippen molar-refractivity contribution < 1.29 is 0 Å². The predicted molar refractivity (Wildman–Crippen MR) is 129 cm³/mol. The van der Waals surface area contributed by atoms with Gasteiger partial charge in [-0.05, 0) is 75.1 Å². The number of hydrogen-bond donors (Lipinski definition) is 2. The molecule has 0 spiro atoms. The molecule has 1 aliphatic rings. The molecule has 2 heterocycles. The van der Waals surface area contributed by atoms with E-state index in [9.17, 15) is 0 Å². The fourth-order valence-corrected chi connectivity index (χ4v) is 5.03. The van der Waals surface area contributed by atoms with Gasteiger partial charge in [0.05, 0.1) is 5.52 Å². The lowest BCUT2D eigenvalue weighted by atomic mass is 9.91. The Hall–Kier alpha value is -2.18. The van der Waals surface area contributed by atoms with Gasteiger partial charge in [0.25, 0.3) is 0 Å². The minimum absolute atomic E-state index is 0.457. The molecule has 0 atom stereocenters. The third kappa shape index (κ3) is 5.49. The molecule has 0 radical (unpaired) electrons. The van der Waals surface area contributed by atoms with Gasteiger partial charge in [-0.25, -0.2) is 4.98 Å². The van der Waals surface area contributed by atoms with Crippen LogP contribution in [0.15, 0.2) is 41.8 Å². The van der Waals surface area contributed by atoms with Crippen molar-refractivity contribution in [2.24, 2.45) is 0 Å². The summed E-state index contributed by atoms with van der Waals surface area (Å²) in [7, 11) is 4.08. The lowest BCUT2D eigenvalue weighted by Gasteiger charge is -2.30. The molecule has 160 valence electrons. The van der Waals surface area contributed by atoms with Gasteiger partial charge in [0.1, 0.15) is 5.82 Å². The molecule has 0 unspecified atom stereocenters. The number of anilines is 2. The van der Waals surface area contributed by atoms with E-state index in [4.69, 9.17) is 9.97 Å². The summed E-state index contributed by atoms with van der Waals surface area (Å²) in [4.78, 5) is 13.1. The molecule has 5 nitrogen and oxygen atoms in total. The van der Waals surface area contributed by atoms with Gasteiger partial charge in [-0.3, -0.25) is 0 Å². The summed E-state index contributed by atoms with van der Waals surface area (Å²) >= 11 is 1.87. The molecule has 30 heavy (non-hydrogen) atoms. The summed E-state index contributed by atoms with van der Waals surface area (Å²) in [5.74, 6) is 1.73. The highest BCUT2D eigenvalue weighted by atomic mass is 32.1. The summed E-state index contributed by atoms with van der Waals surface area (Å²) in [6, 6.07) is 13.7. The van der Waals surface area contributed by atoms with Crippen molar-refractivity contribution in [3.63, 3.8) is 0 Å². The normalized spacial score (nSPS) is 19.1. The zero-order chi connectivity index (χ0) is 20.8. The van der Waals surface area contributed by atoms with Gasteiger partial charge in [0.15, 0.2) is 0 Å². The second-order valence-electron chi connectivity index (χ2n) is 8.47. The van der Waals surface area contributed by atoms with Gasteiger partial charge < -0.3 is 15.5 Å². The van der Waals surface area contributed by atoms with Crippen LogP contribution in [-0.2, 0) is 6.42 Å². The lowest BCUT2D eigenvalue weighted by Crippen LogP contribution is -2.37. The van der Waals surface area contributed by atoms with E-state index >= 15 is 0 Å². The van der Waals surface area contributed by atoms with Gasteiger partial charge in [-0.2, -0.15) is 4.98 Å². The van der Waals surface area contributed by atoms with Crippen LogP contribution < -0.4 is 15.5 Å². The molecule has 6 heteroatoms. The first-order valence-corrected chi connectivity index (χ1v) is 12.0. The van der Waals surface area contributed by atoms with E-state index in [2.05, 4.69) is 45.2 Å². The zero-order valence-corrected chi connectivity index (χ0v) is 18.9. The topological polar surface area (TPSA) is 53.1 Å². The van der Waals surface area contributed by atoms with E-state index < -0.39 is 0 Å². The Morgan fingerprint density at radius 1 is 0.967 bits per heavy atom. The molecule has 1 aliphatic carbocycles. The number of fused-ring (bicyclic) bond motifs is 1. The largest absolute Gasteiger partial charge is 0.362 e. The molecule has 0 saturated heterocycles. The van der Waals surface area contributed by atoms with Crippen molar-refractivity contribution >= 4 is 34.0 Å². The highest BCUT2D eigenvalue weighted by Crippen LogP contribution is 2.26. The van der Waals surface area contributed by atoms with E-state index in [1.165, 1.54) is 49.8 Å². The first-order valence-electron chi connectivity index (χ1n) is 11.2. The summed E-state index contributed by atoms with van der Waals surface area (Å²) in [5, 5.41) is 10.6. The summed E-state index contributed by atoms with van der Waals surface area (Å²) in [6.07, 6.45) is 8.52. The Bertz CT molecular complexity index is 917. The van der Waals surface area contributed by atoms with Gasteiger partial charge in [-0.1, -0.05) is 18.2 Å². The molecule has 1 aromatic carbocycles. The number of nitrogens with one attached hydrogen (secondary N) is 2. The van der Waals surface area contributed by atoms with Gasteiger partial charge in [-0.15, -0.1) is 11.3 Å². The van der Waals surface area contributed by atoms with E-state index in [1.54, 1.807) is 0 Å². The highest BCUT2D eigenvalue weighted by molar-refractivity contribution is 7.09. The van der Waals surface area contributed by atoms with Crippen molar-refractivity contribution in [2.45, 2.75) is 57.0 Å². The van der Waals surface area contributed by atoms with Crippen LogP contribution in [0, 0.1) is 0 Å². The predicted octanol–water partition coefficient (Wildman–Crippen LogP) is 5.09. The molecule has 0 bridgehead atoms. The number of unbranched alkanes of at least 4 members (excludes halogenated alkanes) is 1. The number of rotatable bonds is 9. The van der Waals surface area contributed by atoms with E-state index in [0.717, 1.165) is 29.2 Å². The number of benzene rings is 1. The Morgan fingerprint density at radius 2 is 1.77 bits per heavy atom. The van der Waals surface area contributed by atoms with E-state index in [-0.39, 0.29) is 0 Å². The van der Waals surface area contributed by atoms with Crippen molar-refractivity contribution in [3.8, 4) is 0 Å². The van der Waals surface area contributed by atoms with Crippen molar-refractivity contribution in [1.82, 2.24) is 15.3 Å². The van der Waals surface area contributed by atoms with Crippen LogP contribution >= 0.6 is 11.3 Å². The third-order valence-corrected chi connectivity index (χ3v) is 6.87. The Kier molecular flexibility index (Phi) is 7.18. The van der Waals surface area contributed by atoms with E-state index in [0.29, 0.717) is 12.1 Å². The van der Waals surface area contributed by atoms with Crippen LogP contribution in [0.3, 0.4) is 0 Å². The monoisotopic (exact) mass is 423 g/mol. The molecular formula is C24H33N5S. The molecule has 1 saturated carbocycles. The van der Waals surface area contributed by atoms with Gasteiger partial charge in [0, 0.05) is 36.4 Å². The molecule has 3 aromatic rings. The quantitative estimate of drug-likeness (QED) is 0.469. The second kappa shape index (κ2) is 10.2. The maximum atomic E-state index is 4.79. The summed E-state index contributed by atoms with van der Waals surface area (Å²) < 4.78 is 0. The number of para-hydroxylation sites is 1. The van der Waals surface area contributed by atoms with Crippen LogP contribution in [0.2, 0.25) is 0 Å². The average Bonchev–Trinajstić information content (AvgIpc) is 3.27. The van der Waals surface area contributed by atoms with Crippen LogP contribution in [0.1, 0.15) is 43.4 Å². The minimum Gasteiger partial charge on any atom is -0.362 e. The van der Waals surface area contributed by atoms with Crippen molar-refractivity contribution in [3.05, 3.63) is 46.7 Å². The number of hydrogen-bond acceptors (Lipinski definition) is 6. The Labute approximate surface area is 183 Å². The van der Waals surface area contributed by atoms with E-state index in [1.807, 2.05) is 37.6 Å². The Morgan fingerprint density at radius 3 is 2.53 bits per heavy atom. The smallest absolute Gasteiger partial charge is 0.225 e. The van der Waals surface area contributed by atoms with Gasteiger partial charge >= 0.3 is 0 Å². The SMILES string of the molecule is CN(C)c1nc(NC2CCC(NCCCCc3cccs3)CC2)nc2ccccc12. The molecule has 0 amide bonds. The number of aryl methyl sites for hydroxylation is 1. The second-order valence-corrected chi connectivity index (χ2v) is 9.50. The van der Waals surface area contributed by atoms with Crippen LogP contribution in [-0.4, -0.2) is 42.7 Å². The number of thiophene rings is 1. The van der Waals surface area contributed by atoms with Crippen molar-refractivity contribution in [1.29, 1.82) is 0 Å². The molecule has 1 fully saturated rings. The lowest BCUT2D eigenvalue weighted by molar-refractivity contribution is 0.351. The van der Waals surface area contributed by atoms with Crippen LogP contribution in [0.4, 0.5) is 11.8 Å². The molecule has 0 aliphatic heterocycles. The molecule has 2 N–H and O–H groups in total. The molecular weight excluding hydrogens is 390 g/mol. The maximum Gasteiger partial charge on any atom is 0.225 e. The first-order chi connectivity index (χ1) is 14.7. The molecule has 2 aromatic heterocycles. The van der Waals surface area contributed by atoms with Crippen molar-refractivity contribution in [2.75, 3.05) is 30.9 Å². The summed E-state index contributed by atoms with van der Waals surface area (Å²) in [6.45, 7) is 1.13.